The molecule has 2 N–H and O–H groups in total. The molecule has 7 heteroatoms. The van der Waals surface area contributed by atoms with Crippen LogP contribution in [0, 0.1) is 0 Å². The summed E-state index contributed by atoms with van der Waals surface area (Å²) in [4.78, 5) is 24.7. The molecule has 0 unspecified atom stereocenters. The van der Waals surface area contributed by atoms with E-state index in [0.717, 1.165) is 4.47 Å². The average Bonchev–Trinajstić information content (AvgIpc) is 2.65. The van der Waals surface area contributed by atoms with Crippen LogP contribution in [-0.2, 0) is 0 Å². The summed E-state index contributed by atoms with van der Waals surface area (Å²) in [6, 6.07) is 11.7. The number of carbonyl (C=O) groups is 2. The van der Waals surface area contributed by atoms with E-state index in [-0.39, 0.29) is 6.10 Å². The van der Waals surface area contributed by atoms with Crippen LogP contribution in [0.4, 0.5) is 0 Å². The van der Waals surface area contributed by atoms with Gasteiger partial charge in [-0.1, -0.05) is 28.6 Å². The summed E-state index contributed by atoms with van der Waals surface area (Å²) in [5.74, 6) is 0.134. The summed E-state index contributed by atoms with van der Waals surface area (Å²) < 4.78 is 11.7. The highest BCUT2D eigenvalue weighted by atomic mass is 79.9. The molecule has 0 aliphatic rings. The zero-order valence-electron chi connectivity index (χ0n) is 15.1. The van der Waals surface area contributed by atoms with Gasteiger partial charge in [0.15, 0.2) is 0 Å². The molecule has 6 nitrogen and oxygen atoms in total. The number of amides is 2. The molecule has 0 atom stereocenters. The van der Waals surface area contributed by atoms with Crippen LogP contribution in [0.1, 0.15) is 34.6 Å². The minimum Gasteiger partial charge on any atom is -0.490 e. The highest BCUT2D eigenvalue weighted by Gasteiger charge is 2.15. The smallest absolute Gasteiger partial charge is 0.273 e. The molecule has 27 heavy (non-hydrogen) atoms. The van der Waals surface area contributed by atoms with Crippen LogP contribution in [0.2, 0.25) is 0 Å². The SMILES string of the molecule is C=CCOc1ccc(C(=O)NNC(=O)c2cc(Br)ccc2OC(C)C)cc1. The van der Waals surface area contributed by atoms with E-state index >= 15 is 0 Å². The fourth-order valence-corrected chi connectivity index (χ4v) is 2.51. The van der Waals surface area contributed by atoms with Crippen molar-refractivity contribution in [2.75, 3.05) is 6.61 Å². The van der Waals surface area contributed by atoms with Crippen molar-refractivity contribution in [3.05, 3.63) is 70.7 Å². The van der Waals surface area contributed by atoms with Crippen molar-refractivity contribution in [1.82, 2.24) is 10.9 Å². The lowest BCUT2D eigenvalue weighted by atomic mass is 10.2. The van der Waals surface area contributed by atoms with Gasteiger partial charge in [-0.2, -0.15) is 0 Å². The minimum atomic E-state index is -0.480. The van der Waals surface area contributed by atoms with Gasteiger partial charge < -0.3 is 9.47 Å². The second kappa shape index (κ2) is 9.78. The maximum Gasteiger partial charge on any atom is 0.273 e. The van der Waals surface area contributed by atoms with E-state index < -0.39 is 11.8 Å². The van der Waals surface area contributed by atoms with E-state index in [2.05, 4.69) is 33.4 Å². The molecule has 2 aromatic rings. The number of hydrogen-bond donors (Lipinski definition) is 2. The molecule has 0 saturated heterocycles. The van der Waals surface area contributed by atoms with Gasteiger partial charge in [-0.15, -0.1) is 0 Å². The maximum absolute atomic E-state index is 12.5. The van der Waals surface area contributed by atoms with Crippen molar-refractivity contribution >= 4 is 27.7 Å². The lowest BCUT2D eigenvalue weighted by Crippen LogP contribution is -2.41. The van der Waals surface area contributed by atoms with E-state index in [1.807, 2.05) is 13.8 Å². The Bertz CT molecular complexity index is 819. The zero-order valence-corrected chi connectivity index (χ0v) is 16.7. The maximum atomic E-state index is 12.5. The number of benzene rings is 2. The monoisotopic (exact) mass is 432 g/mol. The van der Waals surface area contributed by atoms with Crippen LogP contribution in [0.3, 0.4) is 0 Å². The van der Waals surface area contributed by atoms with Gasteiger partial charge in [-0.3, -0.25) is 20.4 Å². The van der Waals surface area contributed by atoms with Gasteiger partial charge in [-0.25, -0.2) is 0 Å². The molecule has 0 aliphatic carbocycles. The molecule has 2 amide bonds. The molecule has 0 spiro atoms. The Hall–Kier alpha value is -2.80. The van der Waals surface area contributed by atoms with Crippen LogP contribution in [0.5, 0.6) is 11.5 Å². The third kappa shape index (κ3) is 6.14. The second-order valence-electron chi connectivity index (χ2n) is 5.84. The molecule has 0 aromatic heterocycles. The Morgan fingerprint density at radius 1 is 1.11 bits per heavy atom. The van der Waals surface area contributed by atoms with E-state index in [1.54, 1.807) is 48.5 Å². The molecule has 0 aliphatic heterocycles. The van der Waals surface area contributed by atoms with Gasteiger partial charge in [0, 0.05) is 10.0 Å². The first-order chi connectivity index (χ1) is 12.9. The fraction of sp³-hybridized carbons (Fsp3) is 0.200. The molecule has 0 heterocycles. The number of rotatable bonds is 7. The Labute approximate surface area is 166 Å². The Morgan fingerprint density at radius 2 is 1.78 bits per heavy atom. The molecule has 0 radical (unpaired) electrons. The first-order valence-corrected chi connectivity index (χ1v) is 9.10. The Balaban J connectivity index is 2.01. The van der Waals surface area contributed by atoms with Crippen molar-refractivity contribution in [3.63, 3.8) is 0 Å². The van der Waals surface area contributed by atoms with Crippen LogP contribution in [0.25, 0.3) is 0 Å². The van der Waals surface area contributed by atoms with Gasteiger partial charge in [0.05, 0.1) is 11.7 Å². The van der Waals surface area contributed by atoms with E-state index in [4.69, 9.17) is 9.47 Å². The molecule has 0 bridgehead atoms. The normalized spacial score (nSPS) is 10.2. The summed E-state index contributed by atoms with van der Waals surface area (Å²) in [6.07, 6.45) is 1.55. The number of nitrogens with one attached hydrogen (secondary N) is 2. The lowest BCUT2D eigenvalue weighted by molar-refractivity contribution is 0.0843. The van der Waals surface area contributed by atoms with E-state index in [1.165, 1.54) is 0 Å². The fourth-order valence-electron chi connectivity index (χ4n) is 2.15. The lowest BCUT2D eigenvalue weighted by Gasteiger charge is -2.15. The molecular formula is C20H21BrN2O4. The summed E-state index contributed by atoms with van der Waals surface area (Å²) >= 11 is 3.33. The summed E-state index contributed by atoms with van der Waals surface area (Å²) in [5.41, 5.74) is 5.49. The number of hydrogen-bond acceptors (Lipinski definition) is 4. The van der Waals surface area contributed by atoms with Crippen LogP contribution in [0.15, 0.2) is 59.6 Å². The largest absolute Gasteiger partial charge is 0.490 e. The quantitative estimate of drug-likeness (QED) is 0.514. The van der Waals surface area contributed by atoms with Crippen LogP contribution < -0.4 is 20.3 Å². The molecule has 0 saturated carbocycles. The Kier molecular flexibility index (Phi) is 7.43. The van der Waals surface area contributed by atoms with Crippen molar-refractivity contribution in [3.8, 4) is 11.5 Å². The number of halogens is 1. The molecule has 0 fully saturated rings. The van der Waals surface area contributed by atoms with Gasteiger partial charge >= 0.3 is 0 Å². The first-order valence-electron chi connectivity index (χ1n) is 8.31. The number of ether oxygens (including phenoxy) is 2. The van der Waals surface area contributed by atoms with Crippen LogP contribution in [-0.4, -0.2) is 24.5 Å². The molecule has 142 valence electrons. The topological polar surface area (TPSA) is 76.7 Å². The summed E-state index contributed by atoms with van der Waals surface area (Å²) in [5, 5.41) is 0. The van der Waals surface area contributed by atoms with E-state index in [9.17, 15) is 9.59 Å². The van der Waals surface area contributed by atoms with Crippen LogP contribution >= 0.6 is 15.9 Å². The summed E-state index contributed by atoms with van der Waals surface area (Å²) in [7, 11) is 0. The molecule has 2 rings (SSSR count). The Morgan fingerprint density at radius 3 is 2.41 bits per heavy atom. The van der Waals surface area contributed by atoms with Gasteiger partial charge in [0.1, 0.15) is 18.1 Å². The van der Waals surface area contributed by atoms with Crippen molar-refractivity contribution in [1.29, 1.82) is 0 Å². The third-order valence-electron chi connectivity index (χ3n) is 3.32. The zero-order chi connectivity index (χ0) is 19.8. The van der Waals surface area contributed by atoms with Gasteiger partial charge in [0.2, 0.25) is 0 Å². The number of hydrazine groups is 1. The molecular weight excluding hydrogens is 412 g/mol. The first kappa shape index (κ1) is 20.5. The highest BCUT2D eigenvalue weighted by molar-refractivity contribution is 9.10. The van der Waals surface area contributed by atoms with Gasteiger partial charge in [-0.05, 0) is 56.3 Å². The summed E-state index contributed by atoms with van der Waals surface area (Å²) in [6.45, 7) is 7.70. The number of carbonyl (C=O) groups excluding carboxylic acids is 2. The second-order valence-corrected chi connectivity index (χ2v) is 6.76. The standard InChI is InChI=1S/C20H21BrN2O4/c1-4-11-26-16-8-5-14(6-9-16)19(24)22-23-20(25)17-12-15(21)7-10-18(17)27-13(2)3/h4-10,12-13H,1,11H2,2-3H3,(H,22,24)(H,23,25). The third-order valence-corrected chi connectivity index (χ3v) is 3.82. The minimum absolute atomic E-state index is 0.0888. The predicted octanol–water partition coefficient (Wildman–Crippen LogP) is 3.88. The molecule has 2 aromatic carbocycles. The van der Waals surface area contributed by atoms with Crippen molar-refractivity contribution in [2.24, 2.45) is 0 Å². The van der Waals surface area contributed by atoms with Crippen molar-refractivity contribution < 1.29 is 19.1 Å². The van der Waals surface area contributed by atoms with Gasteiger partial charge in [0.25, 0.3) is 11.8 Å². The predicted molar refractivity (Wildman–Crippen MR) is 107 cm³/mol. The van der Waals surface area contributed by atoms with E-state index in [0.29, 0.717) is 29.2 Å². The average molecular weight is 433 g/mol. The highest BCUT2D eigenvalue weighted by Crippen LogP contribution is 2.24. The van der Waals surface area contributed by atoms with Crippen molar-refractivity contribution in [2.45, 2.75) is 20.0 Å².